The minimum Gasteiger partial charge on any atom is -0.476 e. The summed E-state index contributed by atoms with van der Waals surface area (Å²) in [6, 6.07) is 1.90. The number of carbonyl (C=O) groups is 1. The quantitative estimate of drug-likeness (QED) is 0.826. The monoisotopic (exact) mass is 222 g/mol. The molecule has 5 nitrogen and oxygen atoms in total. The Kier molecular flexibility index (Phi) is 3.42. The number of aromatic nitrogens is 2. The van der Waals surface area contributed by atoms with Crippen molar-refractivity contribution in [1.29, 1.82) is 0 Å². The Morgan fingerprint density at radius 1 is 1.33 bits per heavy atom. The third-order valence-electron chi connectivity index (χ3n) is 1.29. The van der Waals surface area contributed by atoms with E-state index in [9.17, 15) is 18.0 Å². The van der Waals surface area contributed by atoms with Crippen molar-refractivity contribution in [3.8, 4) is 5.88 Å². The van der Waals surface area contributed by atoms with Crippen molar-refractivity contribution in [2.75, 3.05) is 0 Å². The van der Waals surface area contributed by atoms with Crippen LogP contribution < -0.4 is 4.74 Å². The zero-order valence-corrected chi connectivity index (χ0v) is 7.10. The molecule has 1 heterocycles. The fourth-order valence-electron chi connectivity index (χ4n) is 0.664. The molecular formula is C7H5F3N2O3. The largest absolute Gasteiger partial charge is 0.476 e. The molecule has 0 saturated carbocycles. The fourth-order valence-corrected chi connectivity index (χ4v) is 0.664. The van der Waals surface area contributed by atoms with Crippen LogP contribution in [0.4, 0.5) is 13.2 Å². The summed E-state index contributed by atoms with van der Waals surface area (Å²) in [5.74, 6) is -1.84. The van der Waals surface area contributed by atoms with E-state index in [0.29, 0.717) is 0 Å². The third kappa shape index (κ3) is 3.08. The minimum atomic E-state index is -3.30. The second-order valence-corrected chi connectivity index (χ2v) is 2.37. The molecule has 82 valence electrons. The van der Waals surface area contributed by atoms with E-state index in [4.69, 9.17) is 5.11 Å². The molecule has 0 aliphatic heterocycles. The number of hydrogen-bond donors (Lipinski definition) is 1. The molecule has 8 heteroatoms. The van der Waals surface area contributed by atoms with Gasteiger partial charge in [0.05, 0.1) is 0 Å². The number of rotatable bonds is 4. The molecule has 1 unspecified atom stereocenters. The molecule has 0 fully saturated rings. The highest BCUT2D eigenvalue weighted by molar-refractivity contribution is 5.84. The molecule has 0 aromatic carbocycles. The molecule has 1 aromatic rings. The van der Waals surface area contributed by atoms with Gasteiger partial charge in [-0.2, -0.15) is 4.39 Å². The first-order valence-electron chi connectivity index (χ1n) is 3.66. The number of aromatic carboxylic acids is 1. The summed E-state index contributed by atoms with van der Waals surface area (Å²) < 4.78 is 39.7. The summed E-state index contributed by atoms with van der Waals surface area (Å²) in [7, 11) is 0. The minimum absolute atomic E-state index is 0.394. The maximum atomic E-state index is 12.3. The van der Waals surface area contributed by atoms with Crippen molar-refractivity contribution < 1.29 is 27.8 Å². The Morgan fingerprint density at radius 2 is 2.00 bits per heavy atom. The molecule has 0 bridgehead atoms. The van der Waals surface area contributed by atoms with Crippen LogP contribution in [0.5, 0.6) is 5.88 Å². The van der Waals surface area contributed by atoms with Gasteiger partial charge in [-0.15, -0.1) is 10.2 Å². The molecule has 1 atom stereocenters. The van der Waals surface area contributed by atoms with Crippen molar-refractivity contribution in [1.82, 2.24) is 10.2 Å². The second-order valence-electron chi connectivity index (χ2n) is 2.37. The number of carboxylic acid groups (broad SMARTS) is 1. The van der Waals surface area contributed by atoms with Gasteiger partial charge in [0.15, 0.2) is 5.69 Å². The van der Waals surface area contributed by atoms with Crippen LogP contribution in [0.2, 0.25) is 0 Å². The summed E-state index contributed by atoms with van der Waals surface area (Å²) in [4.78, 5) is 10.3. The summed E-state index contributed by atoms with van der Waals surface area (Å²) in [6.45, 7) is 0. The number of ether oxygens (including phenoxy) is 1. The second kappa shape index (κ2) is 4.58. The van der Waals surface area contributed by atoms with Gasteiger partial charge in [0.2, 0.25) is 5.88 Å². The fraction of sp³-hybridized carbons (Fsp3) is 0.286. The van der Waals surface area contributed by atoms with Gasteiger partial charge in [-0.1, -0.05) is 0 Å². The lowest BCUT2D eigenvalue weighted by molar-refractivity contribution is -0.0694. The Labute approximate surface area is 81.5 Å². The first-order valence-corrected chi connectivity index (χ1v) is 3.66. The van der Waals surface area contributed by atoms with Crippen molar-refractivity contribution in [2.45, 2.75) is 12.8 Å². The molecule has 0 aliphatic carbocycles. The molecule has 1 N–H and O–H groups in total. The van der Waals surface area contributed by atoms with Crippen LogP contribution in [0.25, 0.3) is 0 Å². The highest BCUT2D eigenvalue weighted by Crippen LogP contribution is 2.12. The van der Waals surface area contributed by atoms with Gasteiger partial charge in [0, 0.05) is 6.07 Å². The molecule has 1 rings (SSSR count). The lowest BCUT2D eigenvalue weighted by Crippen LogP contribution is -2.20. The maximum absolute atomic E-state index is 12.3. The van der Waals surface area contributed by atoms with E-state index in [1.54, 1.807) is 0 Å². The van der Waals surface area contributed by atoms with Crippen molar-refractivity contribution in [3.05, 3.63) is 17.8 Å². The Balaban J connectivity index is 2.68. The molecule has 0 aliphatic rings. The van der Waals surface area contributed by atoms with E-state index in [-0.39, 0.29) is 0 Å². The van der Waals surface area contributed by atoms with Gasteiger partial charge in [-0.25, -0.2) is 13.6 Å². The normalized spacial score (nSPS) is 12.5. The van der Waals surface area contributed by atoms with Crippen LogP contribution in [-0.4, -0.2) is 34.1 Å². The van der Waals surface area contributed by atoms with E-state index in [1.807, 2.05) is 0 Å². The van der Waals surface area contributed by atoms with Crippen LogP contribution in [0, 0.1) is 0 Å². The van der Waals surface area contributed by atoms with Gasteiger partial charge in [-0.3, -0.25) is 0 Å². The lowest BCUT2D eigenvalue weighted by atomic mass is 10.4. The number of halogens is 3. The molecule has 1 aromatic heterocycles. The zero-order chi connectivity index (χ0) is 11.4. The third-order valence-corrected chi connectivity index (χ3v) is 1.29. The standard InChI is InChI=1S/C7H5F3N2O3/c8-5(9)6(10)15-4-2-1-3(7(13)14)11-12-4/h1-2,5-6H,(H,13,14). The molecule has 15 heavy (non-hydrogen) atoms. The van der Waals surface area contributed by atoms with E-state index in [0.717, 1.165) is 12.1 Å². The van der Waals surface area contributed by atoms with E-state index in [2.05, 4.69) is 14.9 Å². The van der Waals surface area contributed by atoms with E-state index < -0.39 is 30.3 Å². The summed E-state index contributed by atoms with van der Waals surface area (Å²) in [5, 5.41) is 14.6. The summed E-state index contributed by atoms with van der Waals surface area (Å²) >= 11 is 0. The maximum Gasteiger partial charge on any atom is 0.356 e. The Hall–Kier alpha value is -1.86. The highest BCUT2D eigenvalue weighted by atomic mass is 19.3. The molecule has 0 spiro atoms. The van der Waals surface area contributed by atoms with Gasteiger partial charge in [0.1, 0.15) is 0 Å². The smallest absolute Gasteiger partial charge is 0.356 e. The van der Waals surface area contributed by atoms with E-state index in [1.165, 1.54) is 0 Å². The number of carboxylic acids is 1. The Morgan fingerprint density at radius 3 is 2.40 bits per heavy atom. The van der Waals surface area contributed by atoms with Crippen molar-refractivity contribution in [2.24, 2.45) is 0 Å². The van der Waals surface area contributed by atoms with Crippen LogP contribution in [0.15, 0.2) is 12.1 Å². The first-order chi connectivity index (χ1) is 7.00. The van der Waals surface area contributed by atoms with Crippen LogP contribution >= 0.6 is 0 Å². The topological polar surface area (TPSA) is 72.3 Å². The van der Waals surface area contributed by atoms with Crippen molar-refractivity contribution in [3.63, 3.8) is 0 Å². The number of alkyl halides is 3. The zero-order valence-electron chi connectivity index (χ0n) is 7.10. The predicted octanol–water partition coefficient (Wildman–Crippen LogP) is 1.11. The van der Waals surface area contributed by atoms with Gasteiger partial charge in [-0.05, 0) is 6.07 Å². The van der Waals surface area contributed by atoms with Crippen molar-refractivity contribution >= 4 is 5.97 Å². The van der Waals surface area contributed by atoms with Gasteiger partial charge in [0.25, 0.3) is 6.36 Å². The lowest BCUT2D eigenvalue weighted by Gasteiger charge is -2.08. The number of hydrogen-bond acceptors (Lipinski definition) is 4. The summed E-state index contributed by atoms with van der Waals surface area (Å²) in [5.41, 5.74) is -0.394. The van der Waals surface area contributed by atoms with Crippen LogP contribution in [-0.2, 0) is 0 Å². The van der Waals surface area contributed by atoms with Gasteiger partial charge < -0.3 is 9.84 Å². The van der Waals surface area contributed by atoms with E-state index >= 15 is 0 Å². The average molecular weight is 222 g/mol. The molecule has 0 amide bonds. The first kappa shape index (κ1) is 11.2. The van der Waals surface area contributed by atoms with Crippen LogP contribution in [0.3, 0.4) is 0 Å². The SMILES string of the molecule is O=C(O)c1ccc(OC(F)C(F)F)nn1. The molecular weight excluding hydrogens is 217 g/mol. The Bertz CT molecular complexity index is 344. The van der Waals surface area contributed by atoms with Gasteiger partial charge >= 0.3 is 12.4 Å². The molecule has 0 saturated heterocycles. The average Bonchev–Trinajstić information content (AvgIpc) is 2.18. The highest BCUT2D eigenvalue weighted by Gasteiger charge is 2.21. The predicted molar refractivity (Wildman–Crippen MR) is 40.5 cm³/mol. The molecule has 0 radical (unpaired) electrons. The summed E-state index contributed by atoms with van der Waals surface area (Å²) in [6.07, 6.45) is -6.11. The van der Waals surface area contributed by atoms with Crippen LogP contribution in [0.1, 0.15) is 10.5 Å². The number of nitrogens with zero attached hydrogens (tertiary/aromatic N) is 2.